The van der Waals surface area contributed by atoms with Gasteiger partial charge in [-0.15, -0.1) is 0 Å². The third kappa shape index (κ3) is 4.23. The summed E-state index contributed by atoms with van der Waals surface area (Å²) in [5, 5.41) is 10.5. The standard InChI is InChI=1S/C21H23ClN2O2/c1-6-16-19(20(25)26-5)18(13-7-9-14(22)10-8-13)15(12-23)17(24-16)11-21(2,3)4/h7-10H,6,11H2,1-5H3. The van der Waals surface area contributed by atoms with E-state index in [9.17, 15) is 10.1 Å². The molecule has 136 valence electrons. The van der Waals surface area contributed by atoms with E-state index in [4.69, 9.17) is 16.3 Å². The topological polar surface area (TPSA) is 63.0 Å². The summed E-state index contributed by atoms with van der Waals surface area (Å²) in [6.45, 7) is 8.22. The second-order valence-corrected chi connectivity index (χ2v) is 7.77. The lowest BCUT2D eigenvalue weighted by Crippen LogP contribution is -2.17. The minimum atomic E-state index is -0.488. The van der Waals surface area contributed by atoms with Crippen LogP contribution in [0.25, 0.3) is 11.1 Å². The van der Waals surface area contributed by atoms with Gasteiger partial charge in [0.25, 0.3) is 0 Å². The Morgan fingerprint density at radius 3 is 2.31 bits per heavy atom. The Morgan fingerprint density at radius 2 is 1.85 bits per heavy atom. The number of ether oxygens (including phenoxy) is 1. The molecule has 1 heterocycles. The number of methoxy groups -OCH3 is 1. The predicted molar refractivity (Wildman–Crippen MR) is 103 cm³/mol. The van der Waals surface area contributed by atoms with Crippen molar-refractivity contribution in [3.05, 3.63) is 51.8 Å². The summed E-state index contributed by atoms with van der Waals surface area (Å²) < 4.78 is 4.99. The van der Waals surface area contributed by atoms with Gasteiger partial charge in [-0.05, 0) is 36.0 Å². The van der Waals surface area contributed by atoms with Crippen molar-refractivity contribution in [3.8, 4) is 17.2 Å². The van der Waals surface area contributed by atoms with Crippen molar-refractivity contribution in [3.63, 3.8) is 0 Å². The Labute approximate surface area is 159 Å². The second-order valence-electron chi connectivity index (χ2n) is 7.33. The molecule has 0 atom stereocenters. The molecule has 0 radical (unpaired) electrons. The number of carbonyl (C=O) groups excluding carboxylic acids is 1. The first-order chi connectivity index (χ1) is 12.2. The molecule has 2 aromatic rings. The fraction of sp³-hybridized carbons (Fsp3) is 0.381. The molecular formula is C21H23ClN2O2. The molecule has 0 unspecified atom stereocenters. The first-order valence-corrected chi connectivity index (χ1v) is 8.89. The highest BCUT2D eigenvalue weighted by atomic mass is 35.5. The fourth-order valence-corrected chi connectivity index (χ4v) is 3.05. The molecular weight excluding hydrogens is 348 g/mol. The van der Waals surface area contributed by atoms with E-state index in [-0.39, 0.29) is 5.41 Å². The number of aromatic nitrogens is 1. The van der Waals surface area contributed by atoms with Gasteiger partial charge in [0, 0.05) is 10.6 Å². The third-order valence-corrected chi connectivity index (χ3v) is 4.27. The first kappa shape index (κ1) is 19.9. The van der Waals surface area contributed by atoms with Crippen molar-refractivity contribution < 1.29 is 9.53 Å². The molecule has 26 heavy (non-hydrogen) atoms. The van der Waals surface area contributed by atoms with Crippen molar-refractivity contribution in [2.24, 2.45) is 5.41 Å². The van der Waals surface area contributed by atoms with Gasteiger partial charge in [-0.1, -0.05) is 51.4 Å². The molecule has 0 amide bonds. The maximum atomic E-state index is 12.5. The van der Waals surface area contributed by atoms with E-state index in [1.54, 1.807) is 12.1 Å². The lowest BCUT2D eigenvalue weighted by Gasteiger charge is -2.22. The molecule has 0 saturated carbocycles. The SMILES string of the molecule is CCc1nc(CC(C)(C)C)c(C#N)c(-c2ccc(Cl)cc2)c1C(=O)OC. The van der Waals surface area contributed by atoms with Crippen LogP contribution in [-0.4, -0.2) is 18.1 Å². The highest BCUT2D eigenvalue weighted by Gasteiger charge is 2.27. The van der Waals surface area contributed by atoms with E-state index >= 15 is 0 Å². The molecule has 0 fully saturated rings. The van der Waals surface area contributed by atoms with Gasteiger partial charge in [0.1, 0.15) is 6.07 Å². The van der Waals surface area contributed by atoms with Crippen LogP contribution < -0.4 is 0 Å². The van der Waals surface area contributed by atoms with E-state index in [0.29, 0.717) is 45.9 Å². The smallest absolute Gasteiger partial charge is 0.340 e. The van der Waals surface area contributed by atoms with Crippen molar-refractivity contribution in [1.29, 1.82) is 5.26 Å². The zero-order valence-electron chi connectivity index (χ0n) is 15.8. The van der Waals surface area contributed by atoms with Gasteiger partial charge in [0.2, 0.25) is 0 Å². The van der Waals surface area contributed by atoms with Gasteiger partial charge in [-0.25, -0.2) is 4.79 Å². The van der Waals surface area contributed by atoms with Crippen molar-refractivity contribution >= 4 is 17.6 Å². The minimum Gasteiger partial charge on any atom is -0.465 e. The van der Waals surface area contributed by atoms with Gasteiger partial charge in [0.15, 0.2) is 0 Å². The number of hydrogen-bond donors (Lipinski definition) is 0. The molecule has 0 bridgehead atoms. The number of pyridine rings is 1. The molecule has 0 N–H and O–H groups in total. The summed E-state index contributed by atoms with van der Waals surface area (Å²) >= 11 is 6.01. The normalized spacial score (nSPS) is 11.1. The van der Waals surface area contributed by atoms with E-state index in [1.807, 2.05) is 19.1 Å². The van der Waals surface area contributed by atoms with Gasteiger partial charge in [-0.3, -0.25) is 4.98 Å². The Bertz CT molecular complexity index is 860. The molecule has 0 aliphatic carbocycles. The quantitative estimate of drug-likeness (QED) is 0.693. The summed E-state index contributed by atoms with van der Waals surface area (Å²) in [6.07, 6.45) is 1.19. The Hall–Kier alpha value is -2.38. The van der Waals surface area contributed by atoms with E-state index in [1.165, 1.54) is 7.11 Å². The number of rotatable bonds is 4. The number of benzene rings is 1. The maximum absolute atomic E-state index is 12.5. The average molecular weight is 371 g/mol. The molecule has 1 aromatic heterocycles. The van der Waals surface area contributed by atoms with Crippen molar-refractivity contribution in [1.82, 2.24) is 4.98 Å². The highest BCUT2D eigenvalue weighted by molar-refractivity contribution is 6.30. The van der Waals surface area contributed by atoms with E-state index < -0.39 is 5.97 Å². The minimum absolute atomic E-state index is 0.0480. The number of nitriles is 1. The first-order valence-electron chi connectivity index (χ1n) is 8.52. The van der Waals surface area contributed by atoms with Gasteiger partial charge < -0.3 is 4.74 Å². The predicted octanol–water partition coefficient (Wildman–Crippen LogP) is 5.21. The monoisotopic (exact) mass is 370 g/mol. The largest absolute Gasteiger partial charge is 0.465 e. The average Bonchev–Trinajstić information content (AvgIpc) is 2.59. The molecule has 0 spiro atoms. The Balaban J connectivity index is 2.90. The molecule has 5 heteroatoms. The Kier molecular flexibility index (Phi) is 6.05. The number of aryl methyl sites for hydroxylation is 1. The van der Waals surface area contributed by atoms with Crippen LogP contribution in [0.15, 0.2) is 24.3 Å². The van der Waals surface area contributed by atoms with Crippen LogP contribution in [0.3, 0.4) is 0 Å². The summed E-state index contributed by atoms with van der Waals surface area (Å²) in [5.41, 5.74) is 3.38. The number of nitrogens with zero attached hydrogens (tertiary/aromatic N) is 2. The zero-order chi connectivity index (χ0) is 19.5. The van der Waals surface area contributed by atoms with Crippen LogP contribution in [0.5, 0.6) is 0 Å². The third-order valence-electron chi connectivity index (χ3n) is 4.01. The summed E-state index contributed by atoms with van der Waals surface area (Å²) in [6, 6.07) is 9.38. The van der Waals surface area contributed by atoms with Crippen LogP contribution in [0.2, 0.25) is 5.02 Å². The van der Waals surface area contributed by atoms with Crippen molar-refractivity contribution in [2.75, 3.05) is 7.11 Å². The molecule has 0 aliphatic rings. The van der Waals surface area contributed by atoms with E-state index in [0.717, 1.165) is 5.56 Å². The van der Waals surface area contributed by atoms with Crippen LogP contribution in [0.4, 0.5) is 0 Å². The number of carbonyl (C=O) groups is 1. The summed E-state index contributed by atoms with van der Waals surface area (Å²) in [7, 11) is 1.34. The van der Waals surface area contributed by atoms with Crippen LogP contribution in [0, 0.1) is 16.7 Å². The second kappa shape index (κ2) is 7.88. The molecule has 4 nitrogen and oxygen atoms in total. The lowest BCUT2D eigenvalue weighted by atomic mass is 9.85. The van der Waals surface area contributed by atoms with Gasteiger partial charge >= 0.3 is 5.97 Å². The van der Waals surface area contributed by atoms with Crippen LogP contribution in [0.1, 0.15) is 55.0 Å². The van der Waals surface area contributed by atoms with Crippen molar-refractivity contribution in [2.45, 2.75) is 40.5 Å². The Morgan fingerprint density at radius 1 is 1.23 bits per heavy atom. The lowest BCUT2D eigenvalue weighted by molar-refractivity contribution is 0.0599. The van der Waals surface area contributed by atoms with Crippen LogP contribution in [-0.2, 0) is 17.6 Å². The van der Waals surface area contributed by atoms with Gasteiger partial charge in [-0.2, -0.15) is 5.26 Å². The maximum Gasteiger partial charge on any atom is 0.340 e. The summed E-state index contributed by atoms with van der Waals surface area (Å²) in [5.74, 6) is -0.488. The summed E-state index contributed by atoms with van der Waals surface area (Å²) in [4.78, 5) is 17.2. The van der Waals surface area contributed by atoms with E-state index in [2.05, 4.69) is 31.8 Å². The number of halogens is 1. The van der Waals surface area contributed by atoms with Gasteiger partial charge in [0.05, 0.1) is 29.6 Å². The fourth-order valence-electron chi connectivity index (χ4n) is 2.92. The highest BCUT2D eigenvalue weighted by Crippen LogP contribution is 2.34. The van der Waals surface area contributed by atoms with Crippen LogP contribution >= 0.6 is 11.6 Å². The molecule has 0 aliphatic heterocycles. The zero-order valence-corrected chi connectivity index (χ0v) is 16.6. The molecule has 1 aromatic carbocycles. The molecule has 0 saturated heterocycles. The molecule has 2 rings (SSSR count). The number of hydrogen-bond acceptors (Lipinski definition) is 4. The number of esters is 1.